The lowest BCUT2D eigenvalue weighted by Crippen LogP contribution is -2.43. The lowest BCUT2D eigenvalue weighted by molar-refractivity contribution is -0.134. The van der Waals surface area contributed by atoms with Crippen LogP contribution in [0.4, 0.5) is 0 Å². The molecule has 3 atom stereocenters. The Morgan fingerprint density at radius 1 is 1.10 bits per heavy atom. The van der Waals surface area contributed by atoms with Gasteiger partial charge in [0.2, 0.25) is 21.8 Å². The first-order chi connectivity index (χ1) is 13.3. The van der Waals surface area contributed by atoms with E-state index in [0.29, 0.717) is 25.8 Å². The van der Waals surface area contributed by atoms with Crippen molar-refractivity contribution in [1.29, 1.82) is 0 Å². The van der Waals surface area contributed by atoms with Crippen LogP contribution in [0.2, 0.25) is 0 Å². The summed E-state index contributed by atoms with van der Waals surface area (Å²) in [5.41, 5.74) is 0. The minimum atomic E-state index is -3.60. The first-order valence-electron chi connectivity index (χ1n) is 10.9. The van der Waals surface area contributed by atoms with Crippen LogP contribution in [0.5, 0.6) is 0 Å². The number of amides is 2. The predicted octanol–water partition coefficient (Wildman–Crippen LogP) is 2.25. The first-order valence-corrected chi connectivity index (χ1v) is 12.7. The Morgan fingerprint density at radius 3 is 2.41 bits per heavy atom. The first kappa shape index (κ1) is 24.4. The molecule has 0 bridgehead atoms. The molecule has 3 fully saturated rings. The molecule has 7 nitrogen and oxygen atoms in total. The van der Waals surface area contributed by atoms with Gasteiger partial charge in [0.1, 0.15) is 0 Å². The summed E-state index contributed by atoms with van der Waals surface area (Å²) in [5, 5.41) is 0. The predicted molar refractivity (Wildman–Crippen MR) is 115 cm³/mol. The van der Waals surface area contributed by atoms with Crippen LogP contribution in [0.25, 0.3) is 0 Å². The largest absolute Gasteiger partial charge is 0.337 e. The number of likely N-dealkylation sites (tertiary alicyclic amines) is 2. The summed E-state index contributed by atoms with van der Waals surface area (Å²) in [6.07, 6.45) is 9.22. The molecule has 0 aromatic carbocycles. The Bertz CT molecular complexity index is 681. The molecule has 2 amide bonds. The number of sulfonamides is 1. The topological polar surface area (TPSA) is 78.0 Å². The van der Waals surface area contributed by atoms with E-state index < -0.39 is 10.0 Å². The monoisotopic (exact) mass is 449 g/mol. The fourth-order valence-corrected chi connectivity index (χ4v) is 6.44. The Kier molecular flexibility index (Phi) is 8.79. The summed E-state index contributed by atoms with van der Waals surface area (Å²) in [7, 11) is -3.60. The quantitative estimate of drug-likeness (QED) is 0.504. The third-order valence-corrected chi connectivity index (χ3v) is 7.67. The molecule has 3 heterocycles. The number of halogens is 1. The third-order valence-electron chi connectivity index (χ3n) is 6.51. The Labute approximate surface area is 181 Å². The van der Waals surface area contributed by atoms with E-state index in [1.54, 1.807) is 0 Å². The number of fused-ring (bicyclic) bond motifs is 1. The van der Waals surface area contributed by atoms with Gasteiger partial charge in [0.15, 0.2) is 0 Å². The molecule has 0 aromatic rings. The van der Waals surface area contributed by atoms with Gasteiger partial charge < -0.3 is 9.80 Å². The molecule has 3 saturated heterocycles. The molecule has 0 aliphatic carbocycles. The number of carbonyl (C=O) groups excluding carboxylic acids is 2. The fraction of sp³-hybridized carbons (Fsp3) is 0.900. The van der Waals surface area contributed by atoms with E-state index >= 15 is 0 Å². The highest BCUT2D eigenvalue weighted by Gasteiger charge is 2.56. The van der Waals surface area contributed by atoms with E-state index in [-0.39, 0.29) is 42.2 Å². The number of hydrogen-bond donors (Lipinski definition) is 0. The van der Waals surface area contributed by atoms with Gasteiger partial charge >= 0.3 is 0 Å². The highest BCUT2D eigenvalue weighted by molar-refractivity contribution is 7.88. The number of carbonyl (C=O) groups is 2. The van der Waals surface area contributed by atoms with Crippen LogP contribution < -0.4 is 0 Å². The Morgan fingerprint density at radius 2 is 1.79 bits per heavy atom. The van der Waals surface area contributed by atoms with Crippen molar-refractivity contribution in [2.75, 3.05) is 32.4 Å². The maximum Gasteiger partial charge on any atom is 0.241 e. The smallest absolute Gasteiger partial charge is 0.241 e. The van der Waals surface area contributed by atoms with Crippen molar-refractivity contribution >= 4 is 34.2 Å². The highest BCUT2D eigenvalue weighted by Crippen LogP contribution is 2.40. The molecule has 29 heavy (non-hydrogen) atoms. The fourth-order valence-electron chi connectivity index (χ4n) is 5.26. The second kappa shape index (κ2) is 10.4. The van der Waals surface area contributed by atoms with Gasteiger partial charge in [-0.05, 0) is 58.2 Å². The summed E-state index contributed by atoms with van der Waals surface area (Å²) in [5.74, 6) is -0.619. The SMILES string of the molecule is CCC[C@H]1C(=O)N(S(C)(=O)=O)[C@H]2CCN(C(=O)CCCCCN3CCCC3)[C@H]12.Cl. The molecule has 9 heteroatoms. The zero-order chi connectivity index (χ0) is 20.3. The summed E-state index contributed by atoms with van der Waals surface area (Å²) >= 11 is 0. The highest BCUT2D eigenvalue weighted by atomic mass is 35.5. The number of rotatable bonds is 9. The third kappa shape index (κ3) is 5.44. The second-order valence-corrected chi connectivity index (χ2v) is 10.4. The van der Waals surface area contributed by atoms with Gasteiger partial charge in [-0.1, -0.05) is 19.8 Å². The molecular formula is C20H36ClN3O4S. The van der Waals surface area contributed by atoms with E-state index in [1.165, 1.54) is 25.9 Å². The normalized spacial score (nSPS) is 27.4. The summed E-state index contributed by atoms with van der Waals surface area (Å²) in [6.45, 7) is 6.09. The van der Waals surface area contributed by atoms with Crippen molar-refractivity contribution in [1.82, 2.24) is 14.1 Å². The van der Waals surface area contributed by atoms with Crippen LogP contribution in [0.1, 0.15) is 64.7 Å². The number of hydrogen-bond acceptors (Lipinski definition) is 5. The lowest BCUT2D eigenvalue weighted by atomic mass is 9.94. The van der Waals surface area contributed by atoms with Crippen molar-refractivity contribution in [3.8, 4) is 0 Å². The van der Waals surface area contributed by atoms with E-state index in [0.717, 1.165) is 42.8 Å². The molecule has 3 rings (SSSR count). The molecule has 168 valence electrons. The van der Waals surface area contributed by atoms with E-state index in [1.807, 2.05) is 11.8 Å². The molecule has 3 aliphatic rings. The van der Waals surface area contributed by atoms with Crippen LogP contribution in [-0.4, -0.2) is 78.9 Å². The maximum atomic E-state index is 12.9. The average Bonchev–Trinajstić information content (AvgIpc) is 3.32. The van der Waals surface area contributed by atoms with Crippen LogP contribution >= 0.6 is 12.4 Å². The minimum absolute atomic E-state index is 0. The van der Waals surface area contributed by atoms with Crippen LogP contribution in [-0.2, 0) is 19.6 Å². The summed E-state index contributed by atoms with van der Waals surface area (Å²) in [4.78, 5) is 29.9. The van der Waals surface area contributed by atoms with Crippen molar-refractivity contribution in [2.24, 2.45) is 5.92 Å². The molecule has 0 N–H and O–H groups in total. The molecule has 0 unspecified atom stereocenters. The van der Waals surface area contributed by atoms with Gasteiger partial charge in [0.25, 0.3) is 0 Å². The van der Waals surface area contributed by atoms with Gasteiger partial charge in [0.05, 0.1) is 24.3 Å². The summed E-state index contributed by atoms with van der Waals surface area (Å²) < 4.78 is 25.4. The lowest BCUT2D eigenvalue weighted by Gasteiger charge is -2.27. The molecule has 0 saturated carbocycles. The molecular weight excluding hydrogens is 414 g/mol. The van der Waals surface area contributed by atoms with Crippen molar-refractivity contribution in [3.63, 3.8) is 0 Å². The van der Waals surface area contributed by atoms with Gasteiger partial charge in [-0.15, -0.1) is 12.4 Å². The number of nitrogens with zero attached hydrogens (tertiary/aromatic N) is 3. The molecule has 3 aliphatic heterocycles. The molecule has 0 spiro atoms. The second-order valence-electron chi connectivity index (χ2n) is 8.59. The summed E-state index contributed by atoms with van der Waals surface area (Å²) in [6, 6.07) is -0.655. The maximum absolute atomic E-state index is 12.9. The van der Waals surface area contributed by atoms with Crippen molar-refractivity contribution in [2.45, 2.75) is 76.8 Å². The van der Waals surface area contributed by atoms with Crippen LogP contribution in [0.3, 0.4) is 0 Å². The van der Waals surface area contributed by atoms with Gasteiger partial charge in [-0.2, -0.15) is 0 Å². The average molecular weight is 450 g/mol. The van der Waals surface area contributed by atoms with E-state index in [9.17, 15) is 18.0 Å². The Balaban J connectivity index is 0.00000300. The van der Waals surface area contributed by atoms with Gasteiger partial charge in [-0.3, -0.25) is 9.59 Å². The zero-order valence-electron chi connectivity index (χ0n) is 17.7. The molecule has 0 radical (unpaired) electrons. The zero-order valence-corrected chi connectivity index (χ0v) is 19.3. The van der Waals surface area contributed by atoms with Crippen molar-refractivity contribution in [3.05, 3.63) is 0 Å². The van der Waals surface area contributed by atoms with E-state index in [4.69, 9.17) is 0 Å². The minimum Gasteiger partial charge on any atom is -0.337 e. The van der Waals surface area contributed by atoms with E-state index in [2.05, 4.69) is 4.90 Å². The standard InChI is InChI=1S/C20H35N3O4S.ClH/c1-3-9-16-19-17(23(20(16)25)28(2,26)27)11-15-22(19)18(24)10-5-4-6-12-21-13-7-8-14-21;/h16-17,19H,3-15H2,1-2H3;1H/t16-,17+,19-;/m1./s1. The van der Waals surface area contributed by atoms with Gasteiger partial charge in [0, 0.05) is 13.0 Å². The van der Waals surface area contributed by atoms with Crippen molar-refractivity contribution < 1.29 is 18.0 Å². The Hall–Kier alpha value is -0.860. The molecule has 0 aromatic heterocycles. The number of unbranched alkanes of at least 4 members (excludes halogenated alkanes) is 2. The van der Waals surface area contributed by atoms with Crippen LogP contribution in [0.15, 0.2) is 0 Å². The van der Waals surface area contributed by atoms with Crippen LogP contribution in [0, 0.1) is 5.92 Å². The van der Waals surface area contributed by atoms with Gasteiger partial charge in [-0.25, -0.2) is 12.7 Å².